The molecule has 8 nitrogen and oxygen atoms in total. The maximum atomic E-state index is 12.4. The van der Waals surface area contributed by atoms with Gasteiger partial charge >= 0.3 is 5.97 Å². The highest BCUT2D eigenvalue weighted by atomic mass is 32.1. The smallest absolute Gasteiger partial charge is 0.349 e. The summed E-state index contributed by atoms with van der Waals surface area (Å²) in [4.78, 5) is 41.5. The predicted octanol–water partition coefficient (Wildman–Crippen LogP) is 4.90. The molecule has 2 amide bonds. The Morgan fingerprint density at radius 3 is 2.59 bits per heavy atom. The van der Waals surface area contributed by atoms with E-state index in [1.807, 2.05) is 35.7 Å². The minimum atomic E-state index is -1.03. The van der Waals surface area contributed by atoms with Gasteiger partial charge in [0.2, 0.25) is 0 Å². The van der Waals surface area contributed by atoms with Gasteiger partial charge in [0.25, 0.3) is 11.8 Å². The number of hydrogen-bond donors (Lipinski definition) is 2. The number of carbonyl (C=O) groups is 3. The number of nitrogens with zero attached hydrogens (tertiary/aromatic N) is 1. The maximum Gasteiger partial charge on any atom is 0.349 e. The number of amides is 2. The average molecular weight is 468 g/mol. The van der Waals surface area contributed by atoms with E-state index in [-0.39, 0.29) is 10.6 Å². The van der Waals surface area contributed by atoms with Crippen LogP contribution < -0.4 is 10.6 Å². The van der Waals surface area contributed by atoms with Crippen molar-refractivity contribution in [3.63, 3.8) is 0 Å². The van der Waals surface area contributed by atoms with Gasteiger partial charge in [-0.3, -0.25) is 14.9 Å². The molecule has 0 aliphatic carbocycles. The number of ether oxygens (including phenoxy) is 1. The lowest BCUT2D eigenvalue weighted by molar-refractivity contribution is -0.123. The zero-order valence-corrected chi connectivity index (χ0v) is 18.4. The first kappa shape index (κ1) is 21.5. The van der Waals surface area contributed by atoms with Crippen LogP contribution in [0.4, 0.5) is 10.1 Å². The van der Waals surface area contributed by atoms with Crippen LogP contribution in [0.2, 0.25) is 0 Å². The molecule has 2 N–H and O–H groups in total. The van der Waals surface area contributed by atoms with E-state index < -0.39 is 23.9 Å². The van der Waals surface area contributed by atoms with Crippen molar-refractivity contribution in [1.82, 2.24) is 4.98 Å². The fraction of sp³-hybridized carbons (Fsp3) is 0.0909. The third-order valence-electron chi connectivity index (χ3n) is 4.25. The molecule has 0 radical (unpaired) electrons. The molecule has 32 heavy (non-hydrogen) atoms. The molecule has 162 valence electrons. The highest BCUT2D eigenvalue weighted by molar-refractivity contribution is 7.18. The first-order chi connectivity index (χ1) is 15.5. The van der Waals surface area contributed by atoms with Gasteiger partial charge in [-0.2, -0.15) is 0 Å². The molecule has 1 atom stereocenters. The van der Waals surface area contributed by atoms with Crippen molar-refractivity contribution < 1.29 is 23.5 Å². The van der Waals surface area contributed by atoms with E-state index in [2.05, 4.69) is 15.6 Å². The summed E-state index contributed by atoms with van der Waals surface area (Å²) >= 11 is 2.32. The standard InChI is InChI=1S/C22H17N3O5S2/c1-13(19(26)25-22-23-15(12-31-22)14-6-3-2-4-7-14)30-21(28)17-9-10-18(32-17)24-20(27)16-8-5-11-29-16/h2-13H,1H3,(H,24,27)(H,23,25,26). The largest absolute Gasteiger partial charge is 0.459 e. The molecule has 0 saturated carbocycles. The Kier molecular flexibility index (Phi) is 6.43. The number of carbonyl (C=O) groups excluding carboxylic acids is 3. The molecule has 3 heterocycles. The number of thiophene rings is 1. The summed E-state index contributed by atoms with van der Waals surface area (Å²) in [7, 11) is 0. The van der Waals surface area contributed by atoms with E-state index in [1.165, 1.54) is 36.7 Å². The van der Waals surface area contributed by atoms with Crippen LogP contribution >= 0.6 is 22.7 Å². The van der Waals surface area contributed by atoms with Crippen molar-refractivity contribution in [2.75, 3.05) is 10.6 Å². The van der Waals surface area contributed by atoms with Gasteiger partial charge in [-0.05, 0) is 31.2 Å². The van der Waals surface area contributed by atoms with Gasteiger partial charge in [0.05, 0.1) is 17.0 Å². The molecule has 0 fully saturated rings. The van der Waals surface area contributed by atoms with E-state index in [9.17, 15) is 14.4 Å². The summed E-state index contributed by atoms with van der Waals surface area (Å²) < 4.78 is 10.3. The molecule has 4 aromatic rings. The molecule has 0 spiro atoms. The summed E-state index contributed by atoms with van der Waals surface area (Å²) in [6.45, 7) is 1.48. The van der Waals surface area contributed by atoms with Crippen LogP contribution in [0, 0.1) is 0 Å². The highest BCUT2D eigenvalue weighted by Gasteiger charge is 2.22. The second-order valence-corrected chi connectivity index (χ2v) is 8.48. The van der Waals surface area contributed by atoms with Crippen LogP contribution in [0.25, 0.3) is 11.3 Å². The number of nitrogens with one attached hydrogen (secondary N) is 2. The molecular formula is C22H17N3O5S2. The number of aromatic nitrogens is 1. The van der Waals surface area contributed by atoms with Crippen molar-refractivity contribution in [3.8, 4) is 11.3 Å². The third-order valence-corrected chi connectivity index (χ3v) is 5.98. The zero-order chi connectivity index (χ0) is 22.5. The monoisotopic (exact) mass is 467 g/mol. The highest BCUT2D eigenvalue weighted by Crippen LogP contribution is 2.26. The van der Waals surface area contributed by atoms with Crippen molar-refractivity contribution in [1.29, 1.82) is 0 Å². The minimum Gasteiger partial charge on any atom is -0.459 e. The van der Waals surface area contributed by atoms with Gasteiger partial charge in [-0.1, -0.05) is 30.3 Å². The Labute approximate surface area is 190 Å². The van der Waals surface area contributed by atoms with E-state index in [4.69, 9.17) is 9.15 Å². The number of benzene rings is 1. The summed E-state index contributed by atoms with van der Waals surface area (Å²) in [6.07, 6.45) is 0.363. The second kappa shape index (κ2) is 9.58. The van der Waals surface area contributed by atoms with Crippen LogP contribution in [0.3, 0.4) is 0 Å². The van der Waals surface area contributed by atoms with E-state index in [0.717, 1.165) is 22.6 Å². The average Bonchev–Trinajstić information content (AvgIpc) is 3.56. The Morgan fingerprint density at radius 1 is 1.03 bits per heavy atom. The molecule has 10 heteroatoms. The molecule has 3 aromatic heterocycles. The van der Waals surface area contributed by atoms with Gasteiger partial charge in [-0.15, -0.1) is 22.7 Å². The van der Waals surface area contributed by atoms with Crippen LogP contribution in [-0.2, 0) is 9.53 Å². The lowest BCUT2D eigenvalue weighted by Gasteiger charge is -2.11. The lowest BCUT2D eigenvalue weighted by Crippen LogP contribution is -2.29. The van der Waals surface area contributed by atoms with E-state index >= 15 is 0 Å². The van der Waals surface area contributed by atoms with Crippen molar-refractivity contribution in [2.24, 2.45) is 0 Å². The fourth-order valence-corrected chi connectivity index (χ4v) is 4.15. The first-order valence-electron chi connectivity index (χ1n) is 9.47. The van der Waals surface area contributed by atoms with E-state index in [1.54, 1.807) is 12.1 Å². The lowest BCUT2D eigenvalue weighted by atomic mass is 10.2. The van der Waals surface area contributed by atoms with Gasteiger partial charge in [-0.25, -0.2) is 9.78 Å². The molecule has 4 rings (SSSR count). The molecule has 0 saturated heterocycles. The van der Waals surface area contributed by atoms with Gasteiger partial charge < -0.3 is 14.5 Å². The topological polar surface area (TPSA) is 111 Å². The third kappa shape index (κ3) is 5.10. The quantitative estimate of drug-likeness (QED) is 0.374. The fourth-order valence-electron chi connectivity index (χ4n) is 2.65. The summed E-state index contributed by atoms with van der Waals surface area (Å²) in [6, 6.07) is 15.8. The number of hydrogen-bond acceptors (Lipinski definition) is 8. The molecule has 0 bridgehead atoms. The second-order valence-electron chi connectivity index (χ2n) is 6.54. The Bertz CT molecular complexity index is 1230. The van der Waals surface area contributed by atoms with Crippen LogP contribution in [0.1, 0.15) is 27.2 Å². The van der Waals surface area contributed by atoms with Gasteiger partial charge in [0.1, 0.15) is 4.88 Å². The zero-order valence-electron chi connectivity index (χ0n) is 16.7. The summed E-state index contributed by atoms with van der Waals surface area (Å²) in [5.74, 6) is -1.43. The summed E-state index contributed by atoms with van der Waals surface area (Å²) in [5.41, 5.74) is 1.69. The minimum absolute atomic E-state index is 0.158. The Hall–Kier alpha value is -3.76. The Morgan fingerprint density at radius 2 is 1.84 bits per heavy atom. The van der Waals surface area contributed by atoms with E-state index in [0.29, 0.717) is 10.1 Å². The number of furan rings is 1. The SMILES string of the molecule is CC(OC(=O)c1ccc(NC(=O)c2ccco2)s1)C(=O)Nc1nc(-c2ccccc2)cs1. The van der Waals surface area contributed by atoms with Crippen molar-refractivity contribution in [2.45, 2.75) is 13.0 Å². The molecular weight excluding hydrogens is 450 g/mol. The predicted molar refractivity (Wildman–Crippen MR) is 122 cm³/mol. The number of thiazole rings is 1. The molecule has 1 aromatic carbocycles. The van der Waals surface area contributed by atoms with Gasteiger partial charge in [0, 0.05) is 10.9 Å². The van der Waals surface area contributed by atoms with Crippen molar-refractivity contribution in [3.05, 3.63) is 76.9 Å². The maximum absolute atomic E-state index is 12.4. The number of anilines is 2. The van der Waals surface area contributed by atoms with Crippen LogP contribution in [0.5, 0.6) is 0 Å². The van der Waals surface area contributed by atoms with Gasteiger partial charge in [0.15, 0.2) is 17.0 Å². The first-order valence-corrected chi connectivity index (χ1v) is 11.2. The molecule has 1 unspecified atom stereocenters. The molecule has 0 aliphatic rings. The number of rotatable bonds is 7. The van der Waals surface area contributed by atoms with Crippen LogP contribution in [-0.4, -0.2) is 28.9 Å². The summed E-state index contributed by atoms with van der Waals surface area (Å²) in [5, 5.41) is 8.00. The Balaban J connectivity index is 1.32. The van der Waals surface area contributed by atoms with Crippen molar-refractivity contribution >= 4 is 50.6 Å². The molecule has 0 aliphatic heterocycles. The normalized spacial score (nSPS) is 11.5. The number of esters is 1. The van der Waals surface area contributed by atoms with Crippen LogP contribution in [0.15, 0.2) is 70.7 Å².